The molecule has 0 aliphatic rings. The molecule has 2 rings (SSSR count). The number of carbonyl (C=O) groups is 1. The van der Waals surface area contributed by atoms with Crippen LogP contribution in [-0.4, -0.2) is 12.0 Å². The maximum absolute atomic E-state index is 12.8. The molecule has 0 heterocycles. The van der Waals surface area contributed by atoms with E-state index in [2.05, 4.69) is 5.32 Å². The van der Waals surface area contributed by atoms with Crippen LogP contribution in [0.1, 0.15) is 18.1 Å². The van der Waals surface area contributed by atoms with E-state index in [-0.39, 0.29) is 10.7 Å². The Kier molecular flexibility index (Phi) is 5.85. The number of aryl methyl sites for hydroxylation is 1. The number of halogens is 5. The lowest BCUT2D eigenvalue weighted by molar-refractivity contribution is -0.137. The van der Waals surface area contributed by atoms with Crippen molar-refractivity contribution in [2.45, 2.75) is 26.1 Å². The predicted molar refractivity (Wildman–Crippen MR) is 91.4 cm³/mol. The van der Waals surface area contributed by atoms with Gasteiger partial charge in [0.2, 0.25) is 0 Å². The fourth-order valence-corrected chi connectivity index (χ4v) is 2.26. The number of benzene rings is 2. The molecule has 8 heteroatoms. The Morgan fingerprint density at radius 3 is 2.36 bits per heavy atom. The first-order valence-corrected chi connectivity index (χ1v) is 7.94. The number of alkyl halides is 3. The standard InChI is InChI=1S/C17H14Cl2F3NO2/c1-9-7-12(4-6-13(9)18)25-10(2)16(24)23-15-8-11(17(20,21)22)3-5-14(15)19/h3-8,10H,1-2H3,(H,23,24)/t10-/m0/s1. The van der Waals surface area contributed by atoms with Crippen LogP contribution in [0.15, 0.2) is 36.4 Å². The molecule has 0 spiro atoms. The number of anilines is 1. The highest BCUT2D eigenvalue weighted by atomic mass is 35.5. The highest BCUT2D eigenvalue weighted by Gasteiger charge is 2.31. The van der Waals surface area contributed by atoms with Gasteiger partial charge >= 0.3 is 6.18 Å². The first kappa shape index (κ1) is 19.4. The van der Waals surface area contributed by atoms with E-state index in [0.717, 1.165) is 23.8 Å². The maximum Gasteiger partial charge on any atom is 0.416 e. The molecule has 3 nitrogen and oxygen atoms in total. The molecule has 0 saturated carbocycles. The minimum absolute atomic E-state index is 0.00381. The monoisotopic (exact) mass is 391 g/mol. The third-order valence-electron chi connectivity index (χ3n) is 3.36. The Bertz CT molecular complexity index is 794. The molecule has 0 bridgehead atoms. The Morgan fingerprint density at radius 2 is 1.76 bits per heavy atom. The normalized spacial score (nSPS) is 12.6. The van der Waals surface area contributed by atoms with Crippen molar-refractivity contribution in [2.24, 2.45) is 0 Å². The lowest BCUT2D eigenvalue weighted by Gasteiger charge is -2.17. The summed E-state index contributed by atoms with van der Waals surface area (Å²) in [4.78, 5) is 12.2. The van der Waals surface area contributed by atoms with E-state index in [1.807, 2.05) is 0 Å². The Labute approximate surface area is 152 Å². The van der Waals surface area contributed by atoms with Crippen molar-refractivity contribution in [3.8, 4) is 5.75 Å². The molecular weight excluding hydrogens is 378 g/mol. The zero-order valence-electron chi connectivity index (χ0n) is 13.2. The molecule has 0 radical (unpaired) electrons. The molecular formula is C17H14Cl2F3NO2. The molecule has 0 aromatic heterocycles. The number of amides is 1. The molecule has 0 saturated heterocycles. The summed E-state index contributed by atoms with van der Waals surface area (Å²) in [7, 11) is 0. The van der Waals surface area contributed by atoms with Crippen molar-refractivity contribution < 1.29 is 22.7 Å². The van der Waals surface area contributed by atoms with Crippen LogP contribution in [-0.2, 0) is 11.0 Å². The van der Waals surface area contributed by atoms with E-state index >= 15 is 0 Å². The van der Waals surface area contributed by atoms with Crippen LogP contribution in [0.3, 0.4) is 0 Å². The predicted octanol–water partition coefficient (Wildman–Crippen LogP) is 5.73. The molecule has 2 aromatic rings. The average Bonchev–Trinajstić information content (AvgIpc) is 2.51. The maximum atomic E-state index is 12.8. The largest absolute Gasteiger partial charge is 0.481 e. The molecule has 1 N–H and O–H groups in total. The molecule has 0 aliphatic carbocycles. The number of nitrogens with one attached hydrogen (secondary N) is 1. The van der Waals surface area contributed by atoms with Crippen molar-refractivity contribution in [3.63, 3.8) is 0 Å². The van der Waals surface area contributed by atoms with E-state index in [1.54, 1.807) is 25.1 Å². The van der Waals surface area contributed by atoms with E-state index in [4.69, 9.17) is 27.9 Å². The quantitative estimate of drug-likeness (QED) is 0.722. The third-order valence-corrected chi connectivity index (χ3v) is 4.12. The van der Waals surface area contributed by atoms with E-state index in [9.17, 15) is 18.0 Å². The minimum Gasteiger partial charge on any atom is -0.481 e. The first-order valence-electron chi connectivity index (χ1n) is 7.18. The number of rotatable bonds is 4. The van der Waals surface area contributed by atoms with Crippen LogP contribution < -0.4 is 10.1 Å². The number of hydrogen-bond donors (Lipinski definition) is 1. The second-order valence-electron chi connectivity index (χ2n) is 5.35. The highest BCUT2D eigenvalue weighted by Crippen LogP contribution is 2.34. The summed E-state index contributed by atoms with van der Waals surface area (Å²) in [5.74, 6) is -0.214. The zero-order chi connectivity index (χ0) is 18.8. The smallest absolute Gasteiger partial charge is 0.416 e. The van der Waals surface area contributed by atoms with Gasteiger partial charge in [-0.3, -0.25) is 4.79 Å². The van der Waals surface area contributed by atoms with Gasteiger partial charge in [-0.1, -0.05) is 23.2 Å². The number of ether oxygens (including phenoxy) is 1. The lowest BCUT2D eigenvalue weighted by Crippen LogP contribution is -2.30. The topological polar surface area (TPSA) is 38.3 Å². The molecule has 0 aliphatic heterocycles. The average molecular weight is 392 g/mol. The number of carbonyl (C=O) groups excluding carboxylic acids is 1. The van der Waals surface area contributed by atoms with Crippen LogP contribution in [0.2, 0.25) is 10.0 Å². The molecule has 25 heavy (non-hydrogen) atoms. The van der Waals surface area contributed by atoms with Gasteiger partial charge in [0, 0.05) is 5.02 Å². The second-order valence-corrected chi connectivity index (χ2v) is 6.17. The van der Waals surface area contributed by atoms with Crippen molar-refractivity contribution in [1.82, 2.24) is 0 Å². The fourth-order valence-electron chi connectivity index (χ4n) is 1.98. The summed E-state index contributed by atoms with van der Waals surface area (Å²) >= 11 is 11.8. The van der Waals surface area contributed by atoms with Crippen LogP contribution >= 0.6 is 23.2 Å². The summed E-state index contributed by atoms with van der Waals surface area (Å²) < 4.78 is 43.8. The van der Waals surface area contributed by atoms with Gasteiger partial charge in [-0.15, -0.1) is 0 Å². The molecule has 2 aromatic carbocycles. The molecule has 134 valence electrons. The highest BCUT2D eigenvalue weighted by molar-refractivity contribution is 6.33. The minimum atomic E-state index is -4.53. The van der Waals surface area contributed by atoms with Gasteiger partial charge in [0.15, 0.2) is 6.10 Å². The van der Waals surface area contributed by atoms with Crippen molar-refractivity contribution in [1.29, 1.82) is 0 Å². The van der Waals surface area contributed by atoms with Gasteiger partial charge in [-0.2, -0.15) is 13.2 Å². The Morgan fingerprint density at radius 1 is 1.12 bits per heavy atom. The van der Waals surface area contributed by atoms with Crippen molar-refractivity contribution in [3.05, 3.63) is 57.6 Å². The van der Waals surface area contributed by atoms with Crippen molar-refractivity contribution in [2.75, 3.05) is 5.32 Å². The number of hydrogen-bond acceptors (Lipinski definition) is 2. The van der Waals surface area contributed by atoms with Crippen LogP contribution in [0.4, 0.5) is 18.9 Å². The van der Waals surface area contributed by atoms with E-state index < -0.39 is 23.8 Å². The second kappa shape index (κ2) is 7.54. The summed E-state index contributed by atoms with van der Waals surface area (Å²) in [6, 6.07) is 7.57. The lowest BCUT2D eigenvalue weighted by atomic mass is 10.2. The van der Waals surface area contributed by atoms with Gasteiger partial charge in [0.1, 0.15) is 5.75 Å². The van der Waals surface area contributed by atoms with Gasteiger partial charge in [-0.25, -0.2) is 0 Å². The van der Waals surface area contributed by atoms with E-state index in [0.29, 0.717) is 10.8 Å². The van der Waals surface area contributed by atoms with Gasteiger partial charge in [0.05, 0.1) is 16.3 Å². The Hall–Kier alpha value is -1.92. The van der Waals surface area contributed by atoms with Gasteiger partial charge in [-0.05, 0) is 55.8 Å². The summed E-state index contributed by atoms with van der Waals surface area (Å²) in [6.45, 7) is 3.25. The molecule has 0 unspecified atom stereocenters. The van der Waals surface area contributed by atoms with Gasteiger partial charge < -0.3 is 10.1 Å². The fraction of sp³-hybridized carbons (Fsp3) is 0.235. The SMILES string of the molecule is Cc1cc(O[C@@H](C)C(=O)Nc2cc(C(F)(F)F)ccc2Cl)ccc1Cl. The van der Waals surface area contributed by atoms with Crippen LogP contribution in [0, 0.1) is 6.92 Å². The summed E-state index contributed by atoms with van der Waals surface area (Å²) in [5.41, 5.74) is -0.272. The summed E-state index contributed by atoms with van der Waals surface area (Å²) in [5, 5.41) is 2.90. The van der Waals surface area contributed by atoms with Gasteiger partial charge in [0.25, 0.3) is 5.91 Å². The first-order chi connectivity index (χ1) is 11.6. The van der Waals surface area contributed by atoms with Crippen LogP contribution in [0.5, 0.6) is 5.75 Å². The summed E-state index contributed by atoms with van der Waals surface area (Å²) in [6.07, 6.45) is -5.49. The van der Waals surface area contributed by atoms with E-state index in [1.165, 1.54) is 6.92 Å². The third kappa shape index (κ3) is 5.03. The Balaban J connectivity index is 2.12. The molecule has 0 fully saturated rings. The van der Waals surface area contributed by atoms with Crippen molar-refractivity contribution >= 4 is 34.8 Å². The zero-order valence-corrected chi connectivity index (χ0v) is 14.8. The molecule has 1 amide bonds. The molecule has 1 atom stereocenters. The van der Waals surface area contributed by atoms with Crippen LogP contribution in [0.25, 0.3) is 0 Å².